The van der Waals surface area contributed by atoms with Crippen LogP contribution < -0.4 is 5.32 Å². The summed E-state index contributed by atoms with van der Waals surface area (Å²) in [5.41, 5.74) is 1.85. The van der Waals surface area contributed by atoms with E-state index in [4.69, 9.17) is 0 Å². The molecule has 4 rings (SSSR count). The number of thioether (sulfide) groups is 1. The number of allylic oxidation sites excluding steroid dienone is 1. The third-order valence-electron chi connectivity index (χ3n) is 4.41. The molecule has 29 heavy (non-hydrogen) atoms. The molecule has 0 saturated heterocycles. The van der Waals surface area contributed by atoms with E-state index in [0.717, 1.165) is 27.8 Å². The predicted molar refractivity (Wildman–Crippen MR) is 122 cm³/mol. The lowest BCUT2D eigenvalue weighted by atomic mass is 10.1. The average molecular weight is 421 g/mol. The van der Waals surface area contributed by atoms with Gasteiger partial charge in [-0.25, -0.2) is 0 Å². The first-order valence-corrected chi connectivity index (χ1v) is 11.0. The second kappa shape index (κ2) is 8.63. The van der Waals surface area contributed by atoms with Crippen LogP contribution in [0.1, 0.15) is 4.88 Å². The molecule has 0 fully saturated rings. The van der Waals surface area contributed by atoms with Crippen LogP contribution in [-0.2, 0) is 11.3 Å². The van der Waals surface area contributed by atoms with Gasteiger partial charge in [0, 0.05) is 33.4 Å². The maximum absolute atomic E-state index is 12.6. The van der Waals surface area contributed by atoms with Crippen LogP contribution in [0.2, 0.25) is 0 Å². The van der Waals surface area contributed by atoms with E-state index in [1.807, 2.05) is 53.1 Å². The summed E-state index contributed by atoms with van der Waals surface area (Å²) >= 11 is 3.05. The zero-order valence-electron chi connectivity index (χ0n) is 16.0. The van der Waals surface area contributed by atoms with Crippen molar-refractivity contribution in [2.24, 2.45) is 0 Å². The van der Waals surface area contributed by atoms with E-state index in [2.05, 4.69) is 40.5 Å². The smallest absolute Gasteiger partial charge is 0.234 e. The number of carbonyl (C=O) groups is 1. The van der Waals surface area contributed by atoms with Crippen LogP contribution >= 0.6 is 23.1 Å². The highest BCUT2D eigenvalue weighted by atomic mass is 32.2. The van der Waals surface area contributed by atoms with Gasteiger partial charge in [-0.3, -0.25) is 9.36 Å². The van der Waals surface area contributed by atoms with Gasteiger partial charge in [0.1, 0.15) is 0 Å². The Balaban J connectivity index is 1.49. The van der Waals surface area contributed by atoms with Gasteiger partial charge in [0.15, 0.2) is 11.0 Å². The number of fused-ring (bicyclic) bond motifs is 1. The first-order chi connectivity index (χ1) is 14.2. The van der Waals surface area contributed by atoms with Crippen LogP contribution in [0.3, 0.4) is 0 Å². The van der Waals surface area contributed by atoms with E-state index in [1.54, 1.807) is 11.3 Å². The number of aromatic nitrogens is 3. The molecule has 2 aromatic heterocycles. The Morgan fingerprint density at radius 1 is 1.24 bits per heavy atom. The number of thiophene rings is 1. The standard InChI is InChI=1S/C22H20N4OS2/c1-3-11-26-21(17-12-15(2)28-13-17)24-25-22(26)29-14-20(27)23-19-10-6-8-16-7-4-5-9-18(16)19/h3-10,12-13H,1,11,14H2,2H3,(H,23,27). The Labute approximate surface area is 177 Å². The normalized spacial score (nSPS) is 10.9. The number of benzene rings is 2. The number of aryl methyl sites for hydroxylation is 1. The van der Waals surface area contributed by atoms with E-state index < -0.39 is 0 Å². The number of rotatable bonds is 7. The fraction of sp³-hybridized carbons (Fsp3) is 0.136. The Kier molecular flexibility index (Phi) is 5.78. The van der Waals surface area contributed by atoms with Crippen LogP contribution in [0.5, 0.6) is 0 Å². The molecule has 0 unspecified atom stereocenters. The van der Waals surface area contributed by atoms with Crippen LogP contribution in [0, 0.1) is 6.92 Å². The zero-order chi connectivity index (χ0) is 20.2. The Bertz CT molecular complexity index is 1170. The molecule has 0 aliphatic heterocycles. The van der Waals surface area contributed by atoms with E-state index in [-0.39, 0.29) is 11.7 Å². The van der Waals surface area contributed by atoms with Crippen molar-refractivity contribution < 1.29 is 4.79 Å². The summed E-state index contributed by atoms with van der Waals surface area (Å²) in [6, 6.07) is 16.0. The van der Waals surface area contributed by atoms with Gasteiger partial charge < -0.3 is 5.32 Å². The quantitative estimate of drug-likeness (QED) is 0.322. The minimum atomic E-state index is -0.0765. The van der Waals surface area contributed by atoms with Crippen LogP contribution in [0.15, 0.2) is 71.7 Å². The number of nitrogens with zero attached hydrogens (tertiary/aromatic N) is 3. The lowest BCUT2D eigenvalue weighted by Crippen LogP contribution is -2.15. The van der Waals surface area contributed by atoms with Crippen molar-refractivity contribution in [3.05, 3.63) is 71.4 Å². The molecular formula is C22H20N4OS2. The van der Waals surface area contributed by atoms with E-state index >= 15 is 0 Å². The van der Waals surface area contributed by atoms with Gasteiger partial charge in [-0.05, 0) is 24.4 Å². The fourth-order valence-corrected chi connectivity index (χ4v) is 4.54. The molecule has 0 bridgehead atoms. The van der Waals surface area contributed by atoms with Crippen LogP contribution in [-0.4, -0.2) is 26.4 Å². The summed E-state index contributed by atoms with van der Waals surface area (Å²) in [4.78, 5) is 13.8. The lowest BCUT2D eigenvalue weighted by molar-refractivity contribution is -0.113. The molecule has 7 heteroatoms. The molecular weight excluding hydrogens is 400 g/mol. The van der Waals surface area contributed by atoms with Gasteiger partial charge in [-0.1, -0.05) is 54.2 Å². The Hall–Kier alpha value is -2.90. The number of hydrogen-bond donors (Lipinski definition) is 1. The third kappa shape index (κ3) is 4.26. The second-order valence-corrected chi connectivity index (χ2v) is 8.57. The molecule has 0 spiro atoms. The van der Waals surface area contributed by atoms with Crippen molar-refractivity contribution in [2.45, 2.75) is 18.6 Å². The highest BCUT2D eigenvalue weighted by Crippen LogP contribution is 2.28. The van der Waals surface area contributed by atoms with E-state index in [0.29, 0.717) is 11.7 Å². The van der Waals surface area contributed by atoms with Crippen molar-refractivity contribution in [3.8, 4) is 11.4 Å². The van der Waals surface area contributed by atoms with Gasteiger partial charge in [0.25, 0.3) is 0 Å². The lowest BCUT2D eigenvalue weighted by Gasteiger charge is -2.09. The van der Waals surface area contributed by atoms with Crippen molar-refractivity contribution in [2.75, 3.05) is 11.1 Å². The van der Waals surface area contributed by atoms with E-state index in [1.165, 1.54) is 16.6 Å². The molecule has 2 heterocycles. The number of anilines is 1. The molecule has 1 N–H and O–H groups in total. The molecule has 0 aliphatic carbocycles. The van der Waals surface area contributed by atoms with Gasteiger partial charge >= 0.3 is 0 Å². The molecule has 2 aromatic carbocycles. The van der Waals surface area contributed by atoms with Crippen molar-refractivity contribution in [1.29, 1.82) is 0 Å². The van der Waals surface area contributed by atoms with Gasteiger partial charge in [0.2, 0.25) is 5.91 Å². The maximum atomic E-state index is 12.6. The highest BCUT2D eigenvalue weighted by molar-refractivity contribution is 7.99. The number of nitrogens with one attached hydrogen (secondary N) is 1. The Morgan fingerprint density at radius 2 is 2.07 bits per heavy atom. The molecule has 0 saturated carbocycles. The molecule has 0 radical (unpaired) electrons. The molecule has 0 atom stereocenters. The maximum Gasteiger partial charge on any atom is 0.234 e. The average Bonchev–Trinajstić information content (AvgIpc) is 3.33. The summed E-state index contributed by atoms with van der Waals surface area (Å²) < 4.78 is 1.99. The summed E-state index contributed by atoms with van der Waals surface area (Å²) in [5, 5.41) is 16.6. The van der Waals surface area contributed by atoms with Gasteiger partial charge in [-0.15, -0.1) is 28.1 Å². The summed E-state index contributed by atoms with van der Waals surface area (Å²) in [5.74, 6) is 0.972. The largest absolute Gasteiger partial charge is 0.325 e. The monoisotopic (exact) mass is 420 g/mol. The SMILES string of the molecule is C=CCn1c(SCC(=O)Nc2cccc3ccccc23)nnc1-c1csc(C)c1. The van der Waals surface area contributed by atoms with Gasteiger partial charge in [0.05, 0.1) is 5.75 Å². The molecule has 0 aliphatic rings. The van der Waals surface area contributed by atoms with Crippen molar-refractivity contribution in [1.82, 2.24) is 14.8 Å². The molecule has 4 aromatic rings. The third-order valence-corrected chi connectivity index (χ3v) is 6.24. The number of amides is 1. The van der Waals surface area contributed by atoms with Gasteiger partial charge in [-0.2, -0.15) is 0 Å². The zero-order valence-corrected chi connectivity index (χ0v) is 17.6. The number of carbonyl (C=O) groups excluding carboxylic acids is 1. The summed E-state index contributed by atoms with van der Waals surface area (Å²) in [6.45, 7) is 6.49. The Morgan fingerprint density at radius 3 is 2.86 bits per heavy atom. The predicted octanol–water partition coefficient (Wildman–Crippen LogP) is 5.39. The minimum absolute atomic E-state index is 0.0765. The van der Waals surface area contributed by atoms with Crippen LogP contribution in [0.25, 0.3) is 22.2 Å². The highest BCUT2D eigenvalue weighted by Gasteiger charge is 2.16. The molecule has 5 nitrogen and oxygen atoms in total. The second-order valence-electron chi connectivity index (χ2n) is 6.52. The topological polar surface area (TPSA) is 59.8 Å². The summed E-state index contributed by atoms with van der Waals surface area (Å²) in [6.07, 6.45) is 1.81. The van der Waals surface area contributed by atoms with Crippen molar-refractivity contribution in [3.63, 3.8) is 0 Å². The van der Waals surface area contributed by atoms with Crippen LogP contribution in [0.4, 0.5) is 5.69 Å². The first-order valence-electron chi connectivity index (χ1n) is 9.15. The van der Waals surface area contributed by atoms with Crippen molar-refractivity contribution >= 4 is 45.5 Å². The minimum Gasteiger partial charge on any atom is -0.325 e. The molecule has 1 amide bonds. The number of hydrogen-bond acceptors (Lipinski definition) is 5. The molecule has 146 valence electrons. The summed E-state index contributed by atoms with van der Waals surface area (Å²) in [7, 11) is 0. The fourth-order valence-electron chi connectivity index (χ4n) is 3.11. The first kappa shape index (κ1) is 19.4. The van der Waals surface area contributed by atoms with E-state index in [9.17, 15) is 4.79 Å².